The number of benzene rings is 2. The lowest BCUT2D eigenvalue weighted by Crippen LogP contribution is -2.33. The van der Waals surface area contributed by atoms with Crippen molar-refractivity contribution in [3.8, 4) is 5.75 Å². The van der Waals surface area contributed by atoms with Crippen molar-refractivity contribution in [1.29, 1.82) is 0 Å². The largest absolute Gasteiger partial charge is 0.379 e. The first kappa shape index (κ1) is 20.7. The van der Waals surface area contributed by atoms with E-state index in [9.17, 15) is 13.2 Å². The van der Waals surface area contributed by atoms with Gasteiger partial charge in [-0.05, 0) is 73.9 Å². The fraction of sp³-hybridized carbons (Fsp3) is 0.273. The van der Waals surface area contributed by atoms with Gasteiger partial charge in [-0.25, -0.2) is 0 Å². The number of rotatable bonds is 4. The maximum Gasteiger partial charge on any atom is 0.339 e. The predicted molar refractivity (Wildman–Crippen MR) is 119 cm³/mol. The third kappa shape index (κ3) is 4.76. The average molecular weight is 443 g/mol. The Balaban J connectivity index is 1.44. The molecule has 2 aromatic rings. The second-order valence-electron chi connectivity index (χ2n) is 7.28. The Labute approximate surface area is 180 Å². The molecule has 0 saturated carbocycles. The van der Waals surface area contributed by atoms with E-state index in [1.807, 2.05) is 6.92 Å². The highest BCUT2D eigenvalue weighted by atomic mass is 32.2. The minimum atomic E-state index is -3.89. The van der Waals surface area contributed by atoms with E-state index >= 15 is 0 Å². The van der Waals surface area contributed by atoms with Gasteiger partial charge in [0.2, 0.25) is 0 Å². The number of aryl methyl sites for hydroxylation is 1. The fourth-order valence-electron chi connectivity index (χ4n) is 3.27. The van der Waals surface area contributed by atoms with Crippen molar-refractivity contribution >= 4 is 39.0 Å². The van der Waals surface area contributed by atoms with Crippen molar-refractivity contribution in [3.05, 3.63) is 64.6 Å². The Kier molecular flexibility index (Phi) is 5.97. The average Bonchev–Trinajstić information content (AvgIpc) is 3.10. The van der Waals surface area contributed by atoms with Gasteiger partial charge in [-0.1, -0.05) is 29.8 Å². The molecule has 0 bridgehead atoms. The number of carbonyl (C=O) groups is 1. The summed E-state index contributed by atoms with van der Waals surface area (Å²) in [4.78, 5) is 19.3. The van der Waals surface area contributed by atoms with E-state index in [4.69, 9.17) is 4.18 Å². The Morgan fingerprint density at radius 1 is 1.00 bits per heavy atom. The van der Waals surface area contributed by atoms with Crippen LogP contribution in [0.4, 0.5) is 0 Å². The normalized spacial score (nSPS) is 18.6. The van der Waals surface area contributed by atoms with Crippen molar-refractivity contribution in [2.24, 2.45) is 4.99 Å². The Hall–Kier alpha value is -2.58. The topological polar surface area (TPSA) is 76.0 Å². The first-order valence-corrected chi connectivity index (χ1v) is 12.0. The summed E-state index contributed by atoms with van der Waals surface area (Å²) in [6, 6.07) is 13.1. The second-order valence-corrected chi connectivity index (χ2v) is 9.83. The summed E-state index contributed by atoms with van der Waals surface area (Å²) in [5, 5.41) is 0.773. The third-order valence-corrected chi connectivity index (χ3v) is 7.24. The molecule has 156 valence electrons. The van der Waals surface area contributed by atoms with Gasteiger partial charge in [0.25, 0.3) is 5.91 Å². The minimum absolute atomic E-state index is 0.106. The molecule has 8 heteroatoms. The maximum atomic E-state index is 12.4. The van der Waals surface area contributed by atoms with Gasteiger partial charge in [-0.15, -0.1) is 0 Å². The lowest BCUT2D eigenvalue weighted by atomic mass is 10.1. The van der Waals surface area contributed by atoms with Crippen LogP contribution in [0.2, 0.25) is 0 Å². The van der Waals surface area contributed by atoms with Crippen LogP contribution in [0.25, 0.3) is 6.08 Å². The highest BCUT2D eigenvalue weighted by molar-refractivity contribution is 8.18. The summed E-state index contributed by atoms with van der Waals surface area (Å²) in [7, 11) is -3.89. The zero-order chi connectivity index (χ0) is 21.1. The molecule has 0 aliphatic carbocycles. The maximum absolute atomic E-state index is 12.4. The monoisotopic (exact) mass is 442 g/mol. The summed E-state index contributed by atoms with van der Waals surface area (Å²) in [5.41, 5.74) is 1.75. The molecule has 2 aromatic carbocycles. The number of thioether (sulfide) groups is 1. The predicted octanol–water partition coefficient (Wildman–Crippen LogP) is 4.22. The van der Waals surface area contributed by atoms with E-state index in [1.54, 1.807) is 42.5 Å². The summed E-state index contributed by atoms with van der Waals surface area (Å²) in [5.74, 6) is -0.0174. The molecule has 4 rings (SSSR count). The molecule has 1 fully saturated rings. The van der Waals surface area contributed by atoms with E-state index in [0.717, 1.165) is 42.2 Å². The highest BCUT2D eigenvalue weighted by Crippen LogP contribution is 2.31. The number of amidine groups is 1. The number of likely N-dealkylation sites (tertiary alicyclic amines) is 1. The van der Waals surface area contributed by atoms with E-state index in [1.165, 1.54) is 30.3 Å². The van der Waals surface area contributed by atoms with Gasteiger partial charge >= 0.3 is 10.1 Å². The number of hydrogen-bond donors (Lipinski definition) is 0. The van der Waals surface area contributed by atoms with Crippen LogP contribution >= 0.6 is 11.8 Å². The number of piperidine rings is 1. The lowest BCUT2D eigenvalue weighted by molar-refractivity contribution is -0.113. The van der Waals surface area contributed by atoms with E-state index in [2.05, 4.69) is 9.89 Å². The third-order valence-electron chi connectivity index (χ3n) is 4.93. The van der Waals surface area contributed by atoms with Gasteiger partial charge in [0.15, 0.2) is 5.17 Å². The van der Waals surface area contributed by atoms with Crippen molar-refractivity contribution in [2.45, 2.75) is 31.1 Å². The van der Waals surface area contributed by atoms with E-state index < -0.39 is 10.1 Å². The molecule has 0 atom stereocenters. The standard InChI is InChI=1S/C22H22N2O4S2/c1-16-5-11-19(12-6-16)30(26,27)28-18-9-7-17(8-10-18)15-20-21(25)23-22(29-20)24-13-3-2-4-14-24/h5-12,15H,2-4,13-14H2,1H3/b20-15-. The van der Waals surface area contributed by atoms with Crippen LogP contribution in [-0.2, 0) is 14.9 Å². The van der Waals surface area contributed by atoms with Crippen LogP contribution in [0.3, 0.4) is 0 Å². The van der Waals surface area contributed by atoms with Gasteiger partial charge in [0.1, 0.15) is 10.6 Å². The molecular formula is C22H22N2O4S2. The molecule has 0 aromatic heterocycles. The van der Waals surface area contributed by atoms with Crippen LogP contribution in [0.1, 0.15) is 30.4 Å². The molecule has 0 unspecified atom stereocenters. The Bertz CT molecular complexity index is 1100. The quantitative estimate of drug-likeness (QED) is 0.521. The molecule has 2 aliphatic rings. The Morgan fingerprint density at radius 3 is 2.33 bits per heavy atom. The molecule has 2 heterocycles. The number of hydrogen-bond acceptors (Lipinski definition) is 6. The van der Waals surface area contributed by atoms with Crippen LogP contribution in [0.5, 0.6) is 5.75 Å². The zero-order valence-corrected chi connectivity index (χ0v) is 18.2. The van der Waals surface area contributed by atoms with Crippen LogP contribution < -0.4 is 4.18 Å². The molecular weight excluding hydrogens is 420 g/mol. The fourth-order valence-corrected chi connectivity index (χ4v) is 5.16. The van der Waals surface area contributed by atoms with Gasteiger partial charge in [0.05, 0.1) is 4.91 Å². The number of nitrogens with zero attached hydrogens (tertiary/aromatic N) is 2. The smallest absolute Gasteiger partial charge is 0.339 e. The first-order valence-electron chi connectivity index (χ1n) is 9.79. The molecule has 30 heavy (non-hydrogen) atoms. The van der Waals surface area contributed by atoms with Crippen LogP contribution in [0.15, 0.2) is 63.3 Å². The highest BCUT2D eigenvalue weighted by Gasteiger charge is 2.26. The molecule has 6 nitrogen and oxygen atoms in total. The number of amides is 1. The molecule has 2 aliphatic heterocycles. The van der Waals surface area contributed by atoms with Crippen molar-refractivity contribution < 1.29 is 17.4 Å². The Morgan fingerprint density at radius 2 is 1.67 bits per heavy atom. The van der Waals surface area contributed by atoms with Gasteiger partial charge in [-0.2, -0.15) is 13.4 Å². The summed E-state index contributed by atoms with van der Waals surface area (Å²) < 4.78 is 30.0. The van der Waals surface area contributed by atoms with Gasteiger partial charge in [0, 0.05) is 13.1 Å². The van der Waals surface area contributed by atoms with Crippen molar-refractivity contribution in [3.63, 3.8) is 0 Å². The SMILES string of the molecule is Cc1ccc(S(=O)(=O)Oc2ccc(/C=C3\SC(N4CCCCC4)=NC3=O)cc2)cc1. The van der Waals surface area contributed by atoms with E-state index in [-0.39, 0.29) is 16.6 Å². The molecule has 1 saturated heterocycles. The zero-order valence-electron chi connectivity index (χ0n) is 16.6. The number of aliphatic imine (C=N–C) groups is 1. The molecule has 1 amide bonds. The van der Waals surface area contributed by atoms with Crippen molar-refractivity contribution in [2.75, 3.05) is 13.1 Å². The van der Waals surface area contributed by atoms with Crippen molar-refractivity contribution in [1.82, 2.24) is 4.90 Å². The van der Waals surface area contributed by atoms with Crippen LogP contribution in [-0.4, -0.2) is 37.5 Å². The number of carbonyl (C=O) groups excluding carboxylic acids is 1. The summed E-state index contributed by atoms with van der Waals surface area (Å²) in [6.45, 7) is 3.76. The minimum Gasteiger partial charge on any atom is -0.379 e. The van der Waals surface area contributed by atoms with Crippen LogP contribution in [0, 0.1) is 6.92 Å². The first-order chi connectivity index (χ1) is 14.4. The van der Waals surface area contributed by atoms with Gasteiger partial charge in [-0.3, -0.25) is 4.79 Å². The molecule has 0 radical (unpaired) electrons. The summed E-state index contributed by atoms with van der Waals surface area (Å²) in [6.07, 6.45) is 5.24. The lowest BCUT2D eigenvalue weighted by Gasteiger charge is -2.27. The molecule has 0 spiro atoms. The van der Waals surface area contributed by atoms with E-state index in [0.29, 0.717) is 4.91 Å². The van der Waals surface area contributed by atoms with Gasteiger partial charge < -0.3 is 9.08 Å². The molecule has 0 N–H and O–H groups in total. The summed E-state index contributed by atoms with van der Waals surface area (Å²) >= 11 is 1.39. The second kappa shape index (κ2) is 8.65.